The van der Waals surface area contributed by atoms with Crippen LogP contribution in [0.4, 0.5) is 0 Å². The summed E-state index contributed by atoms with van der Waals surface area (Å²) in [5.74, 6) is 0.697. The molecule has 1 unspecified atom stereocenters. The molecule has 1 aromatic carbocycles. The van der Waals surface area contributed by atoms with Gasteiger partial charge in [0.2, 0.25) is 0 Å². The van der Waals surface area contributed by atoms with Crippen molar-refractivity contribution in [2.24, 2.45) is 0 Å². The number of nitrogens with one attached hydrogen (secondary N) is 1. The van der Waals surface area contributed by atoms with Crippen LogP contribution in [0.5, 0.6) is 5.75 Å². The summed E-state index contributed by atoms with van der Waals surface area (Å²) < 4.78 is 26.3. The molecule has 0 bridgehead atoms. The van der Waals surface area contributed by atoms with Crippen LogP contribution in [0.25, 0.3) is 10.9 Å². The average Bonchev–Trinajstić information content (AvgIpc) is 2.59. The minimum Gasteiger partial charge on any atom is -0.767 e. The number of hydrogen-bond acceptors (Lipinski definition) is 3. The predicted octanol–water partition coefficient (Wildman–Crippen LogP) is 1.41. The number of H-pyrrole nitrogens is 1. The first-order chi connectivity index (χ1) is 6.70. The highest BCUT2D eigenvalue weighted by atomic mass is 32.2. The van der Waals surface area contributed by atoms with Crippen LogP contribution in [-0.2, 0) is 11.1 Å². The smallest absolute Gasteiger partial charge is 0.120 e. The minimum absolute atomic E-state index is 0.188. The molecule has 0 aliphatic rings. The molecule has 0 aliphatic carbocycles. The number of fused-ring (bicyclic) bond motifs is 1. The van der Waals surface area contributed by atoms with Crippen molar-refractivity contribution in [2.75, 3.05) is 7.11 Å². The Morgan fingerprint density at radius 3 is 2.86 bits per heavy atom. The molecule has 0 spiro atoms. The van der Waals surface area contributed by atoms with Crippen molar-refractivity contribution in [1.29, 1.82) is 0 Å². The van der Waals surface area contributed by atoms with Crippen LogP contribution in [0.1, 0.15) is 0 Å². The van der Waals surface area contributed by atoms with Gasteiger partial charge in [0.25, 0.3) is 0 Å². The third-order valence-electron chi connectivity index (χ3n) is 1.98. The van der Waals surface area contributed by atoms with E-state index in [9.17, 15) is 8.76 Å². The molecular formula is C9H8NO3S-. The number of benzene rings is 1. The lowest BCUT2D eigenvalue weighted by Crippen LogP contribution is -1.86. The fourth-order valence-corrected chi connectivity index (χ4v) is 1.71. The van der Waals surface area contributed by atoms with Crippen molar-refractivity contribution in [3.63, 3.8) is 0 Å². The molecule has 0 saturated carbocycles. The second-order valence-corrected chi connectivity index (χ2v) is 3.73. The van der Waals surface area contributed by atoms with Crippen molar-refractivity contribution in [1.82, 2.24) is 4.98 Å². The van der Waals surface area contributed by atoms with Crippen LogP contribution in [0.15, 0.2) is 29.3 Å². The van der Waals surface area contributed by atoms with Gasteiger partial charge in [0.1, 0.15) is 5.75 Å². The minimum atomic E-state index is -2.22. The van der Waals surface area contributed by atoms with E-state index in [2.05, 4.69) is 4.98 Å². The van der Waals surface area contributed by atoms with E-state index in [0.717, 1.165) is 10.9 Å². The van der Waals surface area contributed by atoms with Gasteiger partial charge >= 0.3 is 0 Å². The van der Waals surface area contributed by atoms with E-state index in [1.165, 1.54) is 0 Å². The molecule has 4 nitrogen and oxygen atoms in total. The molecule has 1 heterocycles. The Balaban J connectivity index is 2.60. The van der Waals surface area contributed by atoms with E-state index in [1.54, 1.807) is 31.4 Å². The van der Waals surface area contributed by atoms with E-state index in [-0.39, 0.29) is 5.03 Å². The summed E-state index contributed by atoms with van der Waals surface area (Å²) in [5.41, 5.74) is 0.753. The quantitative estimate of drug-likeness (QED) is 0.762. The highest BCUT2D eigenvalue weighted by molar-refractivity contribution is 7.79. The van der Waals surface area contributed by atoms with Gasteiger partial charge in [0.15, 0.2) is 0 Å². The molecule has 0 fully saturated rings. The second kappa shape index (κ2) is 3.43. The van der Waals surface area contributed by atoms with Gasteiger partial charge in [-0.1, -0.05) is 0 Å². The molecule has 0 saturated heterocycles. The second-order valence-electron chi connectivity index (χ2n) is 2.82. The highest BCUT2D eigenvalue weighted by Crippen LogP contribution is 2.21. The Bertz CT molecular complexity index is 492. The third kappa shape index (κ3) is 1.51. The topological polar surface area (TPSA) is 65.2 Å². The molecule has 0 radical (unpaired) electrons. The molecule has 5 heteroatoms. The van der Waals surface area contributed by atoms with E-state index >= 15 is 0 Å². The summed E-state index contributed by atoms with van der Waals surface area (Å²) in [4.78, 5) is 2.78. The first-order valence-electron chi connectivity index (χ1n) is 3.97. The number of ether oxygens (including phenoxy) is 1. The lowest BCUT2D eigenvalue weighted by Gasteiger charge is -1.99. The van der Waals surface area contributed by atoms with Gasteiger partial charge in [0.05, 0.1) is 12.1 Å². The zero-order chi connectivity index (χ0) is 10.1. The number of aromatic amines is 1. The van der Waals surface area contributed by atoms with Crippen LogP contribution in [0.3, 0.4) is 0 Å². The molecule has 1 aromatic heterocycles. The van der Waals surface area contributed by atoms with Crippen molar-refractivity contribution < 1.29 is 13.5 Å². The largest absolute Gasteiger partial charge is 0.767 e. The molecule has 1 N–H and O–H groups in total. The van der Waals surface area contributed by atoms with Crippen LogP contribution in [0, 0.1) is 0 Å². The Hall–Kier alpha value is -1.33. The monoisotopic (exact) mass is 210 g/mol. The SMILES string of the molecule is COc1ccc2cc(S(=O)[O-])[nH]c2c1. The third-order valence-corrected chi connectivity index (χ3v) is 2.56. The number of hydrogen-bond donors (Lipinski definition) is 1. The van der Waals surface area contributed by atoms with Gasteiger partial charge in [-0.25, -0.2) is 0 Å². The molecular weight excluding hydrogens is 202 g/mol. The van der Waals surface area contributed by atoms with Crippen molar-refractivity contribution in [2.45, 2.75) is 5.03 Å². The molecule has 74 valence electrons. The Morgan fingerprint density at radius 2 is 2.21 bits per heavy atom. The summed E-state index contributed by atoms with van der Waals surface area (Å²) >= 11 is -2.22. The molecule has 0 aliphatic heterocycles. The number of methoxy groups -OCH3 is 1. The molecule has 1 atom stereocenters. The Morgan fingerprint density at radius 1 is 1.43 bits per heavy atom. The number of rotatable bonds is 2. The Kier molecular flexibility index (Phi) is 2.26. The normalized spacial score (nSPS) is 13.0. The van der Waals surface area contributed by atoms with E-state index in [1.807, 2.05) is 0 Å². The Labute approximate surface area is 83.2 Å². The van der Waals surface area contributed by atoms with Gasteiger partial charge in [-0.15, -0.1) is 0 Å². The maximum absolute atomic E-state index is 10.7. The standard InChI is InChI=1S/C9H9NO3S/c1-13-7-3-2-6-4-9(14(11)12)10-8(6)5-7/h2-5,10H,1H3,(H,11,12)/p-1. The fourth-order valence-electron chi connectivity index (χ4n) is 1.30. The van der Waals surface area contributed by atoms with Gasteiger partial charge in [0, 0.05) is 17.0 Å². The van der Waals surface area contributed by atoms with Crippen LogP contribution in [-0.4, -0.2) is 20.9 Å². The first kappa shape index (κ1) is 9.23. The maximum Gasteiger partial charge on any atom is 0.120 e. The molecule has 14 heavy (non-hydrogen) atoms. The molecule has 0 amide bonds. The lowest BCUT2D eigenvalue weighted by molar-refractivity contribution is 0.415. The maximum atomic E-state index is 10.7. The van der Waals surface area contributed by atoms with Crippen molar-refractivity contribution in [3.8, 4) is 5.75 Å². The van der Waals surface area contributed by atoms with E-state index in [4.69, 9.17) is 4.74 Å². The average molecular weight is 210 g/mol. The van der Waals surface area contributed by atoms with Crippen LogP contribution >= 0.6 is 0 Å². The highest BCUT2D eigenvalue weighted by Gasteiger charge is 2.01. The van der Waals surface area contributed by atoms with Gasteiger partial charge in [-0.2, -0.15) is 0 Å². The predicted molar refractivity (Wildman–Crippen MR) is 52.0 cm³/mol. The van der Waals surface area contributed by atoms with Gasteiger partial charge < -0.3 is 14.3 Å². The first-order valence-corrected chi connectivity index (χ1v) is 5.04. The van der Waals surface area contributed by atoms with E-state index < -0.39 is 11.1 Å². The van der Waals surface area contributed by atoms with Gasteiger partial charge in [-0.05, 0) is 29.3 Å². The molecule has 2 aromatic rings. The summed E-state index contributed by atoms with van der Waals surface area (Å²) in [6.07, 6.45) is 0. The van der Waals surface area contributed by atoms with Crippen LogP contribution < -0.4 is 4.74 Å². The summed E-state index contributed by atoms with van der Waals surface area (Å²) in [6.45, 7) is 0. The van der Waals surface area contributed by atoms with E-state index in [0.29, 0.717) is 5.75 Å². The lowest BCUT2D eigenvalue weighted by atomic mass is 10.2. The number of aromatic nitrogens is 1. The summed E-state index contributed by atoms with van der Waals surface area (Å²) in [6, 6.07) is 6.93. The zero-order valence-corrected chi connectivity index (χ0v) is 8.26. The van der Waals surface area contributed by atoms with Gasteiger partial charge in [-0.3, -0.25) is 4.21 Å². The zero-order valence-electron chi connectivity index (χ0n) is 7.44. The summed E-state index contributed by atoms with van der Waals surface area (Å²) in [5, 5.41) is 1.04. The van der Waals surface area contributed by atoms with Crippen LogP contribution in [0.2, 0.25) is 0 Å². The van der Waals surface area contributed by atoms with Crippen molar-refractivity contribution in [3.05, 3.63) is 24.3 Å². The van der Waals surface area contributed by atoms with Crippen molar-refractivity contribution >= 4 is 22.0 Å². The molecule has 2 rings (SSSR count). The fraction of sp³-hybridized carbons (Fsp3) is 0.111. The summed E-state index contributed by atoms with van der Waals surface area (Å²) in [7, 11) is 1.57.